The smallest absolute Gasteiger partial charge is 0.392 e. The van der Waals surface area contributed by atoms with Crippen LogP contribution in [0, 0.1) is 5.41 Å². The lowest BCUT2D eigenvalue weighted by atomic mass is 9.81. The number of aliphatic hydroxyl groups is 1. The van der Waals surface area contributed by atoms with Gasteiger partial charge in [-0.15, -0.1) is 0 Å². The summed E-state index contributed by atoms with van der Waals surface area (Å²) in [4.78, 5) is 3.71. The van der Waals surface area contributed by atoms with Crippen LogP contribution in [0.25, 0.3) is 0 Å². The van der Waals surface area contributed by atoms with E-state index in [0.717, 1.165) is 6.20 Å². The Kier molecular flexibility index (Phi) is 6.16. The number of rotatable bonds is 4. The van der Waals surface area contributed by atoms with E-state index in [2.05, 4.69) is 20.9 Å². The number of hydrogen-bond donors (Lipinski definition) is 1. The maximum atomic E-state index is 13.7. The molecule has 0 aliphatic rings. The quantitative estimate of drug-likeness (QED) is 0.723. The number of hydrogen-bond acceptors (Lipinski definition) is 4. The monoisotopic (exact) mass is 437 g/mol. The number of nitrogens with zero attached hydrogens (tertiary/aromatic N) is 1. The Labute approximate surface area is 145 Å². The molecule has 1 rings (SSSR count). The van der Waals surface area contributed by atoms with Crippen LogP contribution in [-0.2, 0) is 15.7 Å². The lowest BCUT2D eigenvalue weighted by Crippen LogP contribution is -2.44. The molecule has 0 spiro atoms. The predicted molar refractivity (Wildman–Crippen MR) is 84.7 cm³/mol. The van der Waals surface area contributed by atoms with Crippen molar-refractivity contribution in [2.45, 2.75) is 44.7 Å². The van der Waals surface area contributed by atoms with E-state index in [0.29, 0.717) is 4.47 Å². The van der Waals surface area contributed by atoms with Crippen molar-refractivity contribution in [3.05, 3.63) is 28.0 Å². The Balaban J connectivity index is 3.71. The first-order valence-electron chi connectivity index (χ1n) is 6.45. The van der Waals surface area contributed by atoms with Gasteiger partial charge in [0.25, 0.3) is 0 Å². The lowest BCUT2D eigenvalue weighted by Gasteiger charge is -2.36. The Morgan fingerprint density at radius 3 is 2.22 bits per heavy atom. The van der Waals surface area contributed by atoms with E-state index < -0.39 is 44.1 Å². The van der Waals surface area contributed by atoms with Crippen molar-refractivity contribution in [1.29, 1.82) is 0 Å². The third kappa shape index (κ3) is 5.04. The number of halogens is 5. The van der Waals surface area contributed by atoms with Crippen LogP contribution < -0.4 is 0 Å². The van der Waals surface area contributed by atoms with E-state index in [9.17, 15) is 26.7 Å². The SMILES string of the molecule is CC(C)(C)[C@@H](C(c1ncc(Br)cc1CO)C(F)(F)F)S(=O)(=O)Cl. The first kappa shape index (κ1) is 20.7. The summed E-state index contributed by atoms with van der Waals surface area (Å²) in [6.07, 6.45) is -3.79. The molecule has 0 amide bonds. The van der Waals surface area contributed by atoms with Gasteiger partial charge in [0.15, 0.2) is 0 Å². The molecule has 0 radical (unpaired) electrons. The van der Waals surface area contributed by atoms with Gasteiger partial charge in [-0.05, 0) is 27.4 Å². The molecule has 1 aromatic heterocycles. The van der Waals surface area contributed by atoms with Crippen LogP contribution in [0.2, 0.25) is 0 Å². The van der Waals surface area contributed by atoms with Crippen LogP contribution in [0.3, 0.4) is 0 Å². The maximum absolute atomic E-state index is 13.7. The van der Waals surface area contributed by atoms with Gasteiger partial charge >= 0.3 is 6.18 Å². The zero-order valence-electron chi connectivity index (χ0n) is 12.5. The average molecular weight is 439 g/mol. The molecule has 0 fully saturated rings. The molecular formula is C13H16BrClF3NO3S. The fourth-order valence-corrected chi connectivity index (χ4v) is 5.40. The third-order valence-corrected chi connectivity index (χ3v) is 5.84. The molecule has 0 saturated carbocycles. The van der Waals surface area contributed by atoms with E-state index in [1.165, 1.54) is 26.8 Å². The summed E-state index contributed by atoms with van der Waals surface area (Å²) in [5.41, 5.74) is -1.97. The van der Waals surface area contributed by atoms with Gasteiger partial charge in [0.2, 0.25) is 9.05 Å². The molecule has 1 N–H and O–H groups in total. The first-order valence-corrected chi connectivity index (χ1v) is 9.61. The predicted octanol–water partition coefficient (Wildman–Crippen LogP) is 3.97. The summed E-state index contributed by atoms with van der Waals surface area (Å²) < 4.78 is 65.1. The fourth-order valence-electron chi connectivity index (χ4n) is 2.45. The molecule has 2 atom stereocenters. The number of aliphatic hydroxyl groups excluding tert-OH is 1. The van der Waals surface area contributed by atoms with E-state index >= 15 is 0 Å². The highest BCUT2D eigenvalue weighted by Crippen LogP contribution is 2.47. The molecule has 0 aliphatic carbocycles. The van der Waals surface area contributed by atoms with Crippen molar-refractivity contribution in [3.8, 4) is 0 Å². The van der Waals surface area contributed by atoms with Crippen LogP contribution in [0.15, 0.2) is 16.7 Å². The highest BCUT2D eigenvalue weighted by atomic mass is 79.9. The standard InChI is InChI=1S/C13H16BrClF3NO3S/c1-12(2,3)11(23(15,21)22)9(13(16,17)18)10-7(6-20)4-8(14)5-19-10/h4-5,9,11,20H,6H2,1-3H3/t9?,11-/m1/s1. The minimum absolute atomic E-state index is 0.115. The first-order chi connectivity index (χ1) is 10.2. The summed E-state index contributed by atoms with van der Waals surface area (Å²) in [5, 5.41) is 7.37. The molecule has 0 bridgehead atoms. The van der Waals surface area contributed by atoms with Gasteiger partial charge in [-0.1, -0.05) is 20.8 Å². The molecule has 132 valence electrons. The number of alkyl halides is 3. The number of aromatic nitrogens is 1. The molecule has 1 unspecified atom stereocenters. The van der Waals surface area contributed by atoms with Gasteiger partial charge in [-0.3, -0.25) is 4.98 Å². The van der Waals surface area contributed by atoms with Crippen LogP contribution in [-0.4, -0.2) is 29.9 Å². The molecule has 10 heteroatoms. The highest BCUT2D eigenvalue weighted by molar-refractivity contribution is 9.10. The highest BCUT2D eigenvalue weighted by Gasteiger charge is 2.55. The Morgan fingerprint density at radius 2 is 1.87 bits per heavy atom. The summed E-state index contributed by atoms with van der Waals surface area (Å²) in [6.45, 7) is 3.35. The van der Waals surface area contributed by atoms with Gasteiger partial charge in [-0.2, -0.15) is 13.2 Å². The molecule has 1 heterocycles. The van der Waals surface area contributed by atoms with E-state index in [-0.39, 0.29) is 5.56 Å². The molecule has 4 nitrogen and oxygen atoms in total. The van der Waals surface area contributed by atoms with Crippen molar-refractivity contribution in [3.63, 3.8) is 0 Å². The molecule has 1 aromatic rings. The second-order valence-electron chi connectivity index (χ2n) is 6.14. The van der Waals surface area contributed by atoms with Gasteiger partial charge in [0.1, 0.15) is 5.92 Å². The third-order valence-electron chi connectivity index (χ3n) is 3.25. The van der Waals surface area contributed by atoms with Crippen LogP contribution in [0.4, 0.5) is 13.2 Å². The Hall–Kier alpha value is -0.380. The lowest BCUT2D eigenvalue weighted by molar-refractivity contribution is -0.156. The molecule has 23 heavy (non-hydrogen) atoms. The molecule has 0 aliphatic heterocycles. The Bertz CT molecular complexity index is 674. The van der Waals surface area contributed by atoms with E-state index in [4.69, 9.17) is 10.7 Å². The summed E-state index contributed by atoms with van der Waals surface area (Å²) in [6, 6.07) is 1.27. The Morgan fingerprint density at radius 1 is 1.35 bits per heavy atom. The zero-order chi connectivity index (χ0) is 18.2. The van der Waals surface area contributed by atoms with Crippen LogP contribution in [0.1, 0.15) is 37.9 Å². The summed E-state index contributed by atoms with van der Waals surface area (Å²) in [5.74, 6) is -2.46. The maximum Gasteiger partial charge on any atom is 0.398 e. The normalized spacial score (nSPS) is 16.2. The topological polar surface area (TPSA) is 67.3 Å². The van der Waals surface area contributed by atoms with Crippen molar-refractivity contribution in [1.82, 2.24) is 4.98 Å². The van der Waals surface area contributed by atoms with Crippen molar-refractivity contribution >= 4 is 35.7 Å². The van der Waals surface area contributed by atoms with E-state index in [1.54, 1.807) is 0 Å². The van der Waals surface area contributed by atoms with Gasteiger partial charge < -0.3 is 5.11 Å². The summed E-state index contributed by atoms with van der Waals surface area (Å²) in [7, 11) is 0.765. The molecular weight excluding hydrogens is 423 g/mol. The summed E-state index contributed by atoms with van der Waals surface area (Å²) >= 11 is 3.05. The van der Waals surface area contributed by atoms with Gasteiger partial charge in [0, 0.05) is 26.9 Å². The minimum Gasteiger partial charge on any atom is -0.392 e. The average Bonchev–Trinajstić information content (AvgIpc) is 2.31. The van der Waals surface area contributed by atoms with Crippen molar-refractivity contribution < 1.29 is 26.7 Å². The second kappa shape index (κ2) is 6.85. The number of pyridine rings is 1. The second-order valence-corrected chi connectivity index (χ2v) is 9.80. The van der Waals surface area contributed by atoms with Gasteiger partial charge in [0.05, 0.1) is 17.6 Å². The zero-order valence-corrected chi connectivity index (χ0v) is 15.7. The van der Waals surface area contributed by atoms with Crippen LogP contribution in [0.5, 0.6) is 0 Å². The molecule has 0 aromatic carbocycles. The molecule has 0 saturated heterocycles. The fraction of sp³-hybridized carbons (Fsp3) is 0.615. The van der Waals surface area contributed by atoms with E-state index in [1.807, 2.05) is 0 Å². The minimum atomic E-state index is -4.91. The van der Waals surface area contributed by atoms with Crippen molar-refractivity contribution in [2.24, 2.45) is 5.41 Å². The largest absolute Gasteiger partial charge is 0.398 e. The van der Waals surface area contributed by atoms with Gasteiger partial charge in [-0.25, -0.2) is 8.42 Å². The van der Waals surface area contributed by atoms with Crippen LogP contribution >= 0.6 is 26.6 Å². The van der Waals surface area contributed by atoms with Crippen molar-refractivity contribution in [2.75, 3.05) is 0 Å².